The molecule has 0 aromatic heterocycles. The molecule has 0 fully saturated rings. The molecule has 0 saturated carbocycles. The first-order valence-electron chi connectivity index (χ1n) is 7.12. The van der Waals surface area contributed by atoms with Gasteiger partial charge in [0.1, 0.15) is 17.2 Å². The minimum absolute atomic E-state index is 0.161. The fourth-order valence-corrected chi connectivity index (χ4v) is 2.69. The van der Waals surface area contributed by atoms with Crippen molar-refractivity contribution in [2.75, 3.05) is 0 Å². The molecule has 2 heteroatoms. The summed E-state index contributed by atoms with van der Waals surface area (Å²) in [5.41, 5.74) is 1.66. The van der Waals surface area contributed by atoms with Crippen LogP contribution in [0.25, 0.3) is 5.57 Å². The Hall–Kier alpha value is -1.31. The molecule has 0 saturated heterocycles. The van der Waals surface area contributed by atoms with Crippen molar-refractivity contribution in [2.45, 2.75) is 52.1 Å². The molecular weight excluding hydrogens is 239 g/mol. The van der Waals surface area contributed by atoms with Crippen molar-refractivity contribution in [1.29, 1.82) is 0 Å². The number of rotatable bonds is 4. The Bertz CT molecular complexity index is 478. The van der Waals surface area contributed by atoms with Gasteiger partial charge in [0, 0.05) is 12.0 Å². The van der Waals surface area contributed by atoms with Crippen LogP contribution in [-0.4, -0.2) is 5.60 Å². The van der Waals surface area contributed by atoms with E-state index in [1.165, 1.54) is 12.1 Å². The van der Waals surface area contributed by atoms with E-state index in [9.17, 15) is 4.39 Å². The number of fused-ring (bicyclic) bond motifs is 1. The van der Waals surface area contributed by atoms with Crippen molar-refractivity contribution < 1.29 is 9.13 Å². The van der Waals surface area contributed by atoms with Crippen LogP contribution in [0.2, 0.25) is 0 Å². The van der Waals surface area contributed by atoms with E-state index in [1.807, 2.05) is 0 Å². The third-order valence-corrected chi connectivity index (χ3v) is 4.01. The summed E-state index contributed by atoms with van der Waals surface area (Å²) in [7, 11) is 0. The highest BCUT2D eigenvalue weighted by Crippen LogP contribution is 2.43. The predicted molar refractivity (Wildman–Crippen MR) is 77.8 cm³/mol. The summed E-state index contributed by atoms with van der Waals surface area (Å²) < 4.78 is 19.5. The Labute approximate surface area is 115 Å². The lowest BCUT2D eigenvalue weighted by Crippen LogP contribution is -2.38. The second kappa shape index (κ2) is 5.36. The summed E-state index contributed by atoms with van der Waals surface area (Å²) in [6, 6.07) is 4.72. The standard InChI is InChI=1S/C17H23FO/c1-5-17(9-8-12(2)3)11-13(4)15-10-14(18)6-7-16(15)19-17/h6-7,10,12H,4-5,8-9,11H2,1-3H3. The first-order chi connectivity index (χ1) is 8.96. The lowest BCUT2D eigenvalue weighted by molar-refractivity contribution is 0.0481. The SMILES string of the molecule is C=C1CC(CC)(CCC(C)C)Oc2ccc(F)cc21. The largest absolute Gasteiger partial charge is 0.486 e. The summed E-state index contributed by atoms with van der Waals surface area (Å²) in [6.45, 7) is 10.7. The topological polar surface area (TPSA) is 9.23 Å². The molecule has 0 aliphatic carbocycles. The van der Waals surface area contributed by atoms with E-state index in [2.05, 4.69) is 27.4 Å². The van der Waals surface area contributed by atoms with Crippen molar-refractivity contribution in [3.8, 4) is 5.75 Å². The second-order valence-electron chi connectivity index (χ2n) is 5.99. The van der Waals surface area contributed by atoms with Crippen LogP contribution >= 0.6 is 0 Å². The molecule has 0 N–H and O–H groups in total. The molecule has 1 atom stereocenters. The Morgan fingerprint density at radius 1 is 1.42 bits per heavy atom. The van der Waals surface area contributed by atoms with Crippen LogP contribution in [0.4, 0.5) is 4.39 Å². The molecule has 0 spiro atoms. The zero-order valence-corrected chi connectivity index (χ0v) is 12.1. The Morgan fingerprint density at radius 2 is 2.16 bits per heavy atom. The first-order valence-corrected chi connectivity index (χ1v) is 7.12. The van der Waals surface area contributed by atoms with Gasteiger partial charge in [-0.3, -0.25) is 0 Å². The summed E-state index contributed by atoms with van der Waals surface area (Å²) in [5, 5.41) is 0. The molecule has 19 heavy (non-hydrogen) atoms. The lowest BCUT2D eigenvalue weighted by atomic mass is 9.81. The van der Waals surface area contributed by atoms with Crippen LogP contribution in [0.1, 0.15) is 52.0 Å². The Kier molecular flexibility index (Phi) is 3.98. The van der Waals surface area contributed by atoms with Crippen LogP contribution in [-0.2, 0) is 0 Å². The molecule has 0 bridgehead atoms. The summed E-state index contributed by atoms with van der Waals surface area (Å²) in [4.78, 5) is 0. The van der Waals surface area contributed by atoms with Gasteiger partial charge in [0.25, 0.3) is 0 Å². The van der Waals surface area contributed by atoms with Crippen LogP contribution in [0.3, 0.4) is 0 Å². The quantitative estimate of drug-likeness (QED) is 0.724. The van der Waals surface area contributed by atoms with Crippen molar-refractivity contribution in [1.82, 2.24) is 0 Å². The molecule has 1 aliphatic rings. The average molecular weight is 262 g/mol. The molecule has 1 aliphatic heterocycles. The zero-order valence-electron chi connectivity index (χ0n) is 12.1. The van der Waals surface area contributed by atoms with Crippen LogP contribution in [0.15, 0.2) is 24.8 Å². The monoisotopic (exact) mass is 262 g/mol. The van der Waals surface area contributed by atoms with Gasteiger partial charge in [0.2, 0.25) is 0 Å². The van der Waals surface area contributed by atoms with Crippen LogP contribution < -0.4 is 4.74 Å². The summed E-state index contributed by atoms with van der Waals surface area (Å²) in [6.07, 6.45) is 3.91. The summed E-state index contributed by atoms with van der Waals surface area (Å²) >= 11 is 0. The van der Waals surface area contributed by atoms with Gasteiger partial charge in [-0.2, -0.15) is 0 Å². The maximum Gasteiger partial charge on any atom is 0.127 e. The van der Waals surface area contributed by atoms with E-state index in [1.54, 1.807) is 6.07 Å². The fourth-order valence-electron chi connectivity index (χ4n) is 2.69. The molecule has 0 amide bonds. The summed E-state index contributed by atoms with van der Waals surface area (Å²) in [5.74, 6) is 1.22. The third-order valence-electron chi connectivity index (χ3n) is 4.01. The second-order valence-corrected chi connectivity index (χ2v) is 5.99. The van der Waals surface area contributed by atoms with E-state index in [0.29, 0.717) is 5.92 Å². The minimum atomic E-state index is -0.227. The van der Waals surface area contributed by atoms with Gasteiger partial charge < -0.3 is 4.74 Å². The van der Waals surface area contributed by atoms with Gasteiger partial charge in [-0.15, -0.1) is 0 Å². The average Bonchev–Trinajstić information content (AvgIpc) is 2.37. The molecule has 1 aromatic carbocycles. The van der Waals surface area contributed by atoms with Gasteiger partial charge in [0.05, 0.1) is 0 Å². The highest BCUT2D eigenvalue weighted by Gasteiger charge is 2.36. The minimum Gasteiger partial charge on any atom is -0.486 e. The Morgan fingerprint density at radius 3 is 2.79 bits per heavy atom. The number of halogens is 1. The Balaban J connectivity index is 2.27. The van der Waals surface area contributed by atoms with E-state index >= 15 is 0 Å². The van der Waals surface area contributed by atoms with E-state index < -0.39 is 0 Å². The molecule has 1 heterocycles. The first kappa shape index (κ1) is 14.1. The molecular formula is C17H23FO. The number of ether oxygens (including phenoxy) is 1. The van der Waals surface area contributed by atoms with Crippen molar-refractivity contribution in [3.05, 3.63) is 36.2 Å². The van der Waals surface area contributed by atoms with E-state index in [0.717, 1.165) is 42.6 Å². The zero-order chi connectivity index (χ0) is 14.0. The number of benzene rings is 1. The van der Waals surface area contributed by atoms with Crippen molar-refractivity contribution >= 4 is 5.57 Å². The van der Waals surface area contributed by atoms with Gasteiger partial charge >= 0.3 is 0 Å². The molecule has 1 nitrogen and oxygen atoms in total. The maximum absolute atomic E-state index is 13.3. The van der Waals surface area contributed by atoms with Crippen molar-refractivity contribution in [3.63, 3.8) is 0 Å². The van der Waals surface area contributed by atoms with Gasteiger partial charge in [-0.05, 0) is 49.0 Å². The fraction of sp³-hybridized carbons (Fsp3) is 0.529. The normalized spacial score (nSPS) is 22.3. The van der Waals surface area contributed by atoms with E-state index in [-0.39, 0.29) is 11.4 Å². The molecule has 104 valence electrons. The number of hydrogen-bond acceptors (Lipinski definition) is 1. The molecule has 1 unspecified atom stereocenters. The highest BCUT2D eigenvalue weighted by molar-refractivity contribution is 5.71. The third kappa shape index (κ3) is 2.99. The van der Waals surface area contributed by atoms with Gasteiger partial charge in [-0.25, -0.2) is 4.39 Å². The predicted octanol–water partition coefficient (Wildman–Crippen LogP) is 5.21. The molecule has 1 aromatic rings. The lowest BCUT2D eigenvalue weighted by Gasteiger charge is -2.39. The molecule has 0 radical (unpaired) electrons. The van der Waals surface area contributed by atoms with E-state index in [4.69, 9.17) is 4.74 Å². The van der Waals surface area contributed by atoms with Crippen LogP contribution in [0.5, 0.6) is 5.75 Å². The van der Waals surface area contributed by atoms with Crippen LogP contribution in [0, 0.1) is 11.7 Å². The van der Waals surface area contributed by atoms with Crippen molar-refractivity contribution in [2.24, 2.45) is 5.92 Å². The van der Waals surface area contributed by atoms with Gasteiger partial charge in [0.15, 0.2) is 0 Å². The smallest absolute Gasteiger partial charge is 0.127 e. The highest BCUT2D eigenvalue weighted by atomic mass is 19.1. The number of hydrogen-bond donors (Lipinski definition) is 0. The maximum atomic E-state index is 13.3. The molecule has 2 rings (SSSR count). The van der Waals surface area contributed by atoms with Gasteiger partial charge in [-0.1, -0.05) is 27.4 Å².